The van der Waals surface area contributed by atoms with Crippen molar-refractivity contribution in [2.75, 3.05) is 19.6 Å². The molecular weight excluding hydrogens is 414 g/mol. The molecule has 2 aliphatic rings. The van der Waals surface area contributed by atoms with Gasteiger partial charge in [0.05, 0.1) is 6.54 Å². The number of benzene rings is 1. The summed E-state index contributed by atoms with van der Waals surface area (Å²) >= 11 is 0. The van der Waals surface area contributed by atoms with Gasteiger partial charge in [-0.25, -0.2) is 0 Å². The third-order valence-electron chi connectivity index (χ3n) is 6.14. The Labute approximate surface area is 210 Å². The molecule has 1 aromatic carbocycles. The van der Waals surface area contributed by atoms with E-state index in [9.17, 15) is 0 Å². The van der Waals surface area contributed by atoms with Crippen LogP contribution < -0.4 is 5.32 Å². The first kappa shape index (κ1) is 29.6. The van der Waals surface area contributed by atoms with Gasteiger partial charge in [-0.1, -0.05) is 81.8 Å². The number of hydrogen-bond acceptors (Lipinski definition) is 3. The lowest BCUT2D eigenvalue weighted by Gasteiger charge is -2.41. The van der Waals surface area contributed by atoms with Crippen molar-refractivity contribution in [3.63, 3.8) is 0 Å². The van der Waals surface area contributed by atoms with E-state index in [-0.39, 0.29) is 0 Å². The Hall–Kier alpha value is -2.39. The molecule has 188 valence electrons. The van der Waals surface area contributed by atoms with Gasteiger partial charge in [0.1, 0.15) is 0 Å². The van der Waals surface area contributed by atoms with Gasteiger partial charge in [0.15, 0.2) is 0 Å². The van der Waals surface area contributed by atoms with Crippen molar-refractivity contribution in [1.29, 1.82) is 0 Å². The molecule has 0 spiro atoms. The highest BCUT2D eigenvalue weighted by Gasteiger charge is 2.26. The topological polar surface area (TPSA) is 27.6 Å². The van der Waals surface area contributed by atoms with Gasteiger partial charge in [-0.3, -0.25) is 4.99 Å². The summed E-state index contributed by atoms with van der Waals surface area (Å²) in [7, 11) is 0. The van der Waals surface area contributed by atoms with Crippen molar-refractivity contribution in [3.8, 4) is 0 Å². The zero-order chi connectivity index (χ0) is 25.7. The van der Waals surface area contributed by atoms with Crippen LogP contribution in [-0.2, 0) is 0 Å². The molecule has 2 atom stereocenters. The van der Waals surface area contributed by atoms with Gasteiger partial charge < -0.3 is 10.2 Å². The van der Waals surface area contributed by atoms with Crippen LogP contribution in [0.2, 0.25) is 0 Å². The summed E-state index contributed by atoms with van der Waals surface area (Å²) < 4.78 is 0. The second-order valence-corrected chi connectivity index (χ2v) is 8.72. The van der Waals surface area contributed by atoms with Crippen LogP contribution in [0.1, 0.15) is 79.9 Å². The second-order valence-electron chi connectivity index (χ2n) is 8.72. The monoisotopic (exact) mass is 463 g/mol. The molecule has 3 nitrogen and oxygen atoms in total. The fourth-order valence-electron chi connectivity index (χ4n) is 4.44. The Balaban J connectivity index is 0.00000137. The standard InChI is InChI=1S/C27H37N3.2C2H6/c1-7-8-14-28-26-16-25(24-11-9-10-19(2)15-24)13-12-20(3)27(26)23(6)30-18-21(4)29-17-22(30)5;2*1-2/h7-13,15,21-22,29H,14,16-18H2,1-6H3;2*1-2H3/b8-7-,27-23+,28-26?;;/t21-,22+;;/m1../s1. The van der Waals surface area contributed by atoms with Crippen LogP contribution in [0.5, 0.6) is 0 Å². The molecule has 34 heavy (non-hydrogen) atoms. The molecule has 0 radical (unpaired) electrons. The zero-order valence-corrected chi connectivity index (χ0v) is 23.5. The normalized spacial score (nSPS) is 23.2. The molecule has 1 N–H and O–H groups in total. The van der Waals surface area contributed by atoms with Crippen LogP contribution in [0.25, 0.3) is 5.57 Å². The lowest BCUT2D eigenvalue weighted by atomic mass is 9.93. The van der Waals surface area contributed by atoms with Crippen molar-refractivity contribution in [2.45, 2.75) is 87.7 Å². The summed E-state index contributed by atoms with van der Waals surface area (Å²) in [4.78, 5) is 7.64. The van der Waals surface area contributed by atoms with Gasteiger partial charge in [-0.05, 0) is 58.3 Å². The van der Waals surface area contributed by atoms with Crippen molar-refractivity contribution in [2.24, 2.45) is 4.99 Å². The van der Waals surface area contributed by atoms with E-state index in [0.29, 0.717) is 12.1 Å². The molecule has 1 aromatic rings. The van der Waals surface area contributed by atoms with Gasteiger partial charge in [-0.2, -0.15) is 0 Å². The second kappa shape index (κ2) is 15.5. The molecule has 3 rings (SSSR count). The van der Waals surface area contributed by atoms with E-state index < -0.39 is 0 Å². The summed E-state index contributed by atoms with van der Waals surface area (Å²) in [6, 6.07) is 9.77. The average molecular weight is 464 g/mol. The largest absolute Gasteiger partial charge is 0.369 e. The van der Waals surface area contributed by atoms with Crippen molar-refractivity contribution in [3.05, 3.63) is 76.5 Å². The Morgan fingerprint density at radius 3 is 2.47 bits per heavy atom. The van der Waals surface area contributed by atoms with Gasteiger partial charge in [-0.15, -0.1) is 0 Å². The van der Waals surface area contributed by atoms with Crippen molar-refractivity contribution >= 4 is 11.3 Å². The quantitative estimate of drug-likeness (QED) is 0.462. The summed E-state index contributed by atoms with van der Waals surface area (Å²) in [5, 5.41) is 3.60. The molecule has 1 saturated heterocycles. The fraction of sp³-hybridized carbons (Fsp3) is 0.516. The number of rotatable bonds is 4. The van der Waals surface area contributed by atoms with E-state index in [1.54, 1.807) is 0 Å². The van der Waals surface area contributed by atoms with Gasteiger partial charge >= 0.3 is 0 Å². The molecule has 3 heteroatoms. The van der Waals surface area contributed by atoms with E-state index >= 15 is 0 Å². The summed E-state index contributed by atoms with van der Waals surface area (Å²) in [5.74, 6) is 0. The fourth-order valence-corrected chi connectivity index (χ4v) is 4.44. The zero-order valence-electron chi connectivity index (χ0n) is 23.5. The number of nitrogens with one attached hydrogen (secondary N) is 1. The highest BCUT2D eigenvalue weighted by molar-refractivity contribution is 6.10. The van der Waals surface area contributed by atoms with Crippen LogP contribution in [0, 0.1) is 6.92 Å². The molecule has 0 unspecified atom stereocenters. The number of allylic oxidation sites excluding steroid dienone is 7. The molecule has 0 aromatic heterocycles. The van der Waals surface area contributed by atoms with Crippen LogP contribution in [0.4, 0.5) is 0 Å². The van der Waals surface area contributed by atoms with Crippen LogP contribution in [-0.4, -0.2) is 42.3 Å². The maximum Gasteiger partial charge on any atom is 0.0573 e. The third-order valence-corrected chi connectivity index (χ3v) is 6.14. The average Bonchev–Trinajstić information content (AvgIpc) is 3.01. The lowest BCUT2D eigenvalue weighted by Crippen LogP contribution is -2.53. The molecular formula is C31H49N3. The number of aryl methyl sites for hydroxylation is 1. The first-order valence-electron chi connectivity index (χ1n) is 13.2. The minimum absolute atomic E-state index is 0.478. The first-order chi connectivity index (χ1) is 16.4. The SMILES string of the molecule is C/C=C\CN=C1CC(c2cccc(C)c2)=CC=C(C)/C1=C(/C)N1C[C@@H](C)NC[C@@H]1C.CC.CC. The van der Waals surface area contributed by atoms with Gasteiger partial charge in [0, 0.05) is 48.6 Å². The number of nitrogens with zero attached hydrogens (tertiary/aromatic N) is 2. The molecule has 1 fully saturated rings. The molecule has 0 bridgehead atoms. The summed E-state index contributed by atoms with van der Waals surface area (Å²) in [6.07, 6.45) is 9.65. The van der Waals surface area contributed by atoms with Crippen LogP contribution >= 0.6 is 0 Å². The van der Waals surface area contributed by atoms with E-state index in [1.807, 2.05) is 27.7 Å². The minimum Gasteiger partial charge on any atom is -0.369 e. The molecule has 1 heterocycles. The smallest absolute Gasteiger partial charge is 0.0573 e. The lowest BCUT2D eigenvalue weighted by molar-refractivity contribution is 0.190. The maximum atomic E-state index is 5.07. The van der Waals surface area contributed by atoms with Gasteiger partial charge in [0.25, 0.3) is 0 Å². The Morgan fingerprint density at radius 1 is 1.12 bits per heavy atom. The highest BCUT2D eigenvalue weighted by Crippen LogP contribution is 2.31. The van der Waals surface area contributed by atoms with Crippen molar-refractivity contribution < 1.29 is 0 Å². The summed E-state index contributed by atoms with van der Waals surface area (Å²) in [6.45, 7) is 24.1. The maximum absolute atomic E-state index is 5.07. The van der Waals surface area contributed by atoms with Crippen LogP contribution in [0.3, 0.4) is 0 Å². The molecule has 1 aliphatic carbocycles. The van der Waals surface area contributed by atoms with Crippen molar-refractivity contribution in [1.82, 2.24) is 10.2 Å². The highest BCUT2D eigenvalue weighted by atomic mass is 15.2. The Morgan fingerprint density at radius 2 is 1.82 bits per heavy atom. The molecule has 1 aliphatic heterocycles. The molecule has 0 amide bonds. The van der Waals surface area contributed by atoms with Gasteiger partial charge in [0.2, 0.25) is 0 Å². The minimum atomic E-state index is 0.478. The van der Waals surface area contributed by atoms with Crippen LogP contribution in [0.15, 0.2) is 70.4 Å². The van der Waals surface area contributed by atoms with E-state index in [1.165, 1.54) is 39.3 Å². The van der Waals surface area contributed by atoms with E-state index in [0.717, 1.165) is 26.1 Å². The number of hydrogen-bond donors (Lipinski definition) is 1. The third kappa shape index (κ3) is 8.13. The first-order valence-corrected chi connectivity index (χ1v) is 13.2. The Bertz CT molecular complexity index is 914. The molecule has 0 saturated carbocycles. The van der Waals surface area contributed by atoms with E-state index in [4.69, 9.17) is 4.99 Å². The number of piperazine rings is 1. The Kier molecular flexibility index (Phi) is 13.5. The predicted molar refractivity (Wildman–Crippen MR) is 154 cm³/mol. The summed E-state index contributed by atoms with van der Waals surface area (Å²) in [5.41, 5.74) is 9.09. The van der Waals surface area contributed by atoms with E-state index in [2.05, 4.69) is 100 Å². The number of aliphatic imine (C=N–C) groups is 1. The predicted octanol–water partition coefficient (Wildman–Crippen LogP) is 7.75.